The summed E-state index contributed by atoms with van der Waals surface area (Å²) in [6, 6.07) is 15.9. The number of carbonyl (C=O) groups is 1. The van der Waals surface area contributed by atoms with Crippen molar-refractivity contribution >= 4 is 23.9 Å². The predicted octanol–water partition coefficient (Wildman–Crippen LogP) is 4.11. The van der Waals surface area contributed by atoms with Crippen LogP contribution in [0.2, 0.25) is 0 Å². The molecule has 0 fully saturated rings. The molecule has 1 aromatic heterocycles. The van der Waals surface area contributed by atoms with Crippen LogP contribution in [0.25, 0.3) is 0 Å². The van der Waals surface area contributed by atoms with Gasteiger partial charge >= 0.3 is 6.03 Å². The molecule has 3 aromatic rings. The maximum atomic E-state index is 12.6. The van der Waals surface area contributed by atoms with Crippen molar-refractivity contribution in [2.45, 2.75) is 26.9 Å². The topological polar surface area (TPSA) is 88.9 Å². The molecule has 2 heterocycles. The first-order valence-electron chi connectivity index (χ1n) is 9.96. The number of nitrogens with two attached hydrogens (primary N) is 1. The van der Waals surface area contributed by atoms with Gasteiger partial charge in [0.25, 0.3) is 0 Å². The Morgan fingerprint density at radius 3 is 2.16 bits per heavy atom. The van der Waals surface area contributed by atoms with Gasteiger partial charge in [-0.1, -0.05) is 66.2 Å². The second kappa shape index (κ2) is 8.39. The van der Waals surface area contributed by atoms with E-state index in [0.29, 0.717) is 36.0 Å². The molecule has 0 spiro atoms. The first-order chi connectivity index (χ1) is 15.0. The maximum absolute atomic E-state index is 12.6. The van der Waals surface area contributed by atoms with Gasteiger partial charge in [-0.2, -0.15) is 4.99 Å². The molecule has 0 bridgehead atoms. The van der Waals surface area contributed by atoms with Crippen molar-refractivity contribution in [2.24, 2.45) is 15.7 Å². The monoisotopic (exact) mass is 412 g/mol. The highest BCUT2D eigenvalue weighted by molar-refractivity contribution is 6.21. The van der Waals surface area contributed by atoms with Crippen LogP contribution in [0.15, 0.2) is 77.1 Å². The summed E-state index contributed by atoms with van der Waals surface area (Å²) >= 11 is 0. The van der Waals surface area contributed by atoms with Gasteiger partial charge in [0.1, 0.15) is 11.4 Å². The third kappa shape index (κ3) is 4.16. The largest absolute Gasteiger partial charge is 0.390 e. The molecule has 0 radical (unpaired) electrons. The lowest BCUT2D eigenvalue weighted by atomic mass is 10.1. The minimum absolute atomic E-state index is 0.365. The lowest BCUT2D eigenvalue weighted by Gasteiger charge is -2.17. The molecule has 4 rings (SSSR count). The zero-order valence-corrected chi connectivity index (χ0v) is 17.6. The second-order valence-corrected chi connectivity index (χ2v) is 7.57. The standard InChI is InChI=1S/C24H24N6O/c1-16-4-8-19(9-5-16)12-29-15-27-22(23(29)26-14-25)21-18(3)30(24(31)28-21)13-20-10-6-17(2)7-11-20/h4-11,14-15H,3,12-13H2,1-2H3,(H2,25,26). The molecule has 0 saturated heterocycles. The first kappa shape index (κ1) is 20.3. The molecule has 7 heteroatoms. The van der Waals surface area contributed by atoms with E-state index < -0.39 is 0 Å². The van der Waals surface area contributed by atoms with Crippen LogP contribution in [0.5, 0.6) is 0 Å². The number of urea groups is 1. The number of benzene rings is 2. The normalized spacial score (nSPS) is 14.0. The SMILES string of the molecule is C=C1C(c2ncn(Cc3ccc(C)cc3)c2/N=C\N)=NC(=O)N1Cc1ccc(C)cc1. The zero-order valence-electron chi connectivity index (χ0n) is 17.6. The number of amides is 2. The number of allylic oxidation sites excluding steroid dienone is 1. The molecule has 0 atom stereocenters. The van der Waals surface area contributed by atoms with E-state index in [1.54, 1.807) is 11.2 Å². The van der Waals surface area contributed by atoms with E-state index in [2.05, 4.69) is 45.8 Å². The third-order valence-electron chi connectivity index (χ3n) is 5.20. The first-order valence-corrected chi connectivity index (χ1v) is 9.96. The Morgan fingerprint density at radius 1 is 1.00 bits per heavy atom. The van der Waals surface area contributed by atoms with Crippen molar-refractivity contribution in [3.8, 4) is 0 Å². The van der Waals surface area contributed by atoms with Crippen LogP contribution < -0.4 is 5.73 Å². The number of hydrogen-bond donors (Lipinski definition) is 1. The number of rotatable bonds is 6. The number of imidazole rings is 1. The molecular formula is C24H24N6O. The maximum Gasteiger partial charge on any atom is 0.349 e. The van der Waals surface area contributed by atoms with Crippen molar-refractivity contribution < 1.29 is 4.79 Å². The number of aryl methyl sites for hydroxylation is 2. The lowest BCUT2D eigenvalue weighted by Crippen LogP contribution is -2.23. The fourth-order valence-corrected chi connectivity index (χ4v) is 3.45. The zero-order chi connectivity index (χ0) is 22.0. The molecule has 0 aliphatic carbocycles. The Bertz CT molecular complexity index is 1190. The average Bonchev–Trinajstić information content (AvgIpc) is 3.27. The highest BCUT2D eigenvalue weighted by Gasteiger charge is 2.32. The molecule has 7 nitrogen and oxygen atoms in total. The van der Waals surface area contributed by atoms with Crippen LogP contribution in [0.3, 0.4) is 0 Å². The van der Waals surface area contributed by atoms with Gasteiger partial charge in [-0.15, -0.1) is 0 Å². The van der Waals surface area contributed by atoms with Crippen LogP contribution in [0, 0.1) is 13.8 Å². The van der Waals surface area contributed by atoms with Crippen molar-refractivity contribution in [3.63, 3.8) is 0 Å². The van der Waals surface area contributed by atoms with Crippen LogP contribution in [-0.2, 0) is 13.1 Å². The Kier molecular flexibility index (Phi) is 5.49. The Balaban J connectivity index is 1.61. The molecule has 1 aliphatic rings. The fourth-order valence-electron chi connectivity index (χ4n) is 3.45. The summed E-state index contributed by atoms with van der Waals surface area (Å²) in [5.41, 5.74) is 11.5. The molecule has 2 amide bonds. The summed E-state index contributed by atoms with van der Waals surface area (Å²) in [7, 11) is 0. The highest BCUT2D eigenvalue weighted by atomic mass is 16.2. The minimum Gasteiger partial charge on any atom is -0.390 e. The molecule has 31 heavy (non-hydrogen) atoms. The number of nitrogens with zero attached hydrogens (tertiary/aromatic N) is 5. The predicted molar refractivity (Wildman–Crippen MR) is 123 cm³/mol. The van der Waals surface area contributed by atoms with Crippen molar-refractivity contribution in [3.05, 3.63) is 95.1 Å². The van der Waals surface area contributed by atoms with Gasteiger partial charge in [0, 0.05) is 0 Å². The van der Waals surface area contributed by atoms with E-state index in [1.807, 2.05) is 42.7 Å². The second-order valence-electron chi connectivity index (χ2n) is 7.57. The quantitative estimate of drug-likeness (QED) is 0.488. The van der Waals surface area contributed by atoms with Crippen LogP contribution in [0.4, 0.5) is 10.6 Å². The average molecular weight is 412 g/mol. The molecule has 2 N–H and O–H groups in total. The molecule has 156 valence electrons. The summed E-state index contributed by atoms with van der Waals surface area (Å²) in [6.07, 6.45) is 2.90. The Labute approximate surface area is 181 Å². The van der Waals surface area contributed by atoms with E-state index in [9.17, 15) is 4.79 Å². The summed E-state index contributed by atoms with van der Waals surface area (Å²) in [5.74, 6) is 0.535. The smallest absolute Gasteiger partial charge is 0.349 e. The van der Waals surface area contributed by atoms with Crippen molar-refractivity contribution in [1.82, 2.24) is 14.5 Å². The van der Waals surface area contributed by atoms with Gasteiger partial charge in [-0.25, -0.2) is 14.8 Å². The number of hydrogen-bond acceptors (Lipinski definition) is 3. The van der Waals surface area contributed by atoms with E-state index in [4.69, 9.17) is 5.73 Å². The van der Waals surface area contributed by atoms with Crippen molar-refractivity contribution in [2.75, 3.05) is 0 Å². The van der Waals surface area contributed by atoms with Gasteiger partial charge in [0.15, 0.2) is 5.82 Å². The highest BCUT2D eigenvalue weighted by Crippen LogP contribution is 2.28. The molecule has 0 saturated carbocycles. The van der Waals surface area contributed by atoms with E-state index in [-0.39, 0.29) is 6.03 Å². The summed E-state index contributed by atoms with van der Waals surface area (Å²) in [6.45, 7) is 9.14. The van der Waals surface area contributed by atoms with Gasteiger partial charge < -0.3 is 10.3 Å². The van der Waals surface area contributed by atoms with Crippen LogP contribution in [0.1, 0.15) is 27.9 Å². The molecular weight excluding hydrogens is 388 g/mol. The fraction of sp³-hybridized carbons (Fsp3) is 0.167. The van der Waals surface area contributed by atoms with Crippen LogP contribution >= 0.6 is 0 Å². The van der Waals surface area contributed by atoms with Gasteiger partial charge in [-0.05, 0) is 25.0 Å². The summed E-state index contributed by atoms with van der Waals surface area (Å²) < 4.78 is 1.88. The minimum atomic E-state index is -0.365. The number of aromatic nitrogens is 2. The molecule has 0 unspecified atom stereocenters. The van der Waals surface area contributed by atoms with Gasteiger partial charge in [0.05, 0.1) is 31.5 Å². The van der Waals surface area contributed by atoms with Gasteiger partial charge in [0.2, 0.25) is 0 Å². The lowest BCUT2D eigenvalue weighted by molar-refractivity contribution is 0.225. The van der Waals surface area contributed by atoms with E-state index in [1.165, 1.54) is 11.9 Å². The third-order valence-corrected chi connectivity index (χ3v) is 5.20. The van der Waals surface area contributed by atoms with E-state index in [0.717, 1.165) is 16.7 Å². The van der Waals surface area contributed by atoms with Crippen molar-refractivity contribution in [1.29, 1.82) is 0 Å². The van der Waals surface area contributed by atoms with E-state index >= 15 is 0 Å². The molecule has 1 aliphatic heterocycles. The van der Waals surface area contributed by atoms with Crippen LogP contribution in [-0.4, -0.2) is 32.5 Å². The number of aliphatic imine (C=N–C) groups is 2. The Hall–Kier alpha value is -4.00. The molecule has 2 aromatic carbocycles. The summed E-state index contributed by atoms with van der Waals surface area (Å²) in [5, 5.41) is 0. The Morgan fingerprint density at radius 2 is 1.58 bits per heavy atom. The summed E-state index contributed by atoms with van der Waals surface area (Å²) in [4.78, 5) is 27.2. The number of carbonyl (C=O) groups excluding carboxylic acids is 1. The van der Waals surface area contributed by atoms with Gasteiger partial charge in [-0.3, -0.25) is 4.90 Å².